The molecular formula is C27H35ClN2O3S. The number of hydrogen-bond donors (Lipinski definition) is 1. The highest BCUT2D eigenvalue weighted by atomic mass is 35.5. The summed E-state index contributed by atoms with van der Waals surface area (Å²) < 4.78 is 5.26. The minimum absolute atomic E-state index is 0.0112. The molecule has 7 heteroatoms. The molecule has 0 unspecified atom stereocenters. The zero-order chi connectivity index (χ0) is 24.3. The molecule has 5 nitrogen and oxygen atoms in total. The number of halogens is 1. The number of amides is 2. The Morgan fingerprint density at radius 1 is 1.09 bits per heavy atom. The number of nitrogens with zero attached hydrogens (tertiary/aromatic N) is 1. The van der Waals surface area contributed by atoms with Crippen molar-refractivity contribution in [2.45, 2.75) is 75.4 Å². The number of carbonyl (C=O) groups excluding carboxylic acids is 2. The molecule has 2 aromatic carbocycles. The predicted octanol–water partition coefficient (Wildman–Crippen LogP) is 6.09. The number of nitrogens with one attached hydrogen (secondary N) is 1. The van der Waals surface area contributed by atoms with Crippen LogP contribution in [0.2, 0.25) is 5.02 Å². The molecule has 0 heterocycles. The molecule has 2 aromatic rings. The third-order valence-electron chi connectivity index (χ3n) is 6.25. The Kier molecular flexibility index (Phi) is 10.6. The molecule has 0 saturated heterocycles. The Balaban J connectivity index is 1.69. The summed E-state index contributed by atoms with van der Waals surface area (Å²) >= 11 is 7.59. The fourth-order valence-electron chi connectivity index (χ4n) is 4.32. The maximum Gasteiger partial charge on any atom is 0.243 e. The van der Waals surface area contributed by atoms with Gasteiger partial charge in [-0.25, -0.2) is 0 Å². The topological polar surface area (TPSA) is 58.6 Å². The second-order valence-corrected chi connectivity index (χ2v) is 10.3. The zero-order valence-electron chi connectivity index (χ0n) is 20.1. The maximum absolute atomic E-state index is 13.4. The van der Waals surface area contributed by atoms with Crippen molar-refractivity contribution in [3.8, 4) is 5.75 Å². The molecule has 1 atom stereocenters. The molecule has 1 saturated carbocycles. The van der Waals surface area contributed by atoms with Crippen LogP contribution in [-0.2, 0) is 16.1 Å². The first kappa shape index (κ1) is 26.4. The van der Waals surface area contributed by atoms with Crippen molar-refractivity contribution in [1.82, 2.24) is 10.2 Å². The van der Waals surface area contributed by atoms with E-state index in [-0.39, 0.29) is 17.9 Å². The number of rotatable bonds is 11. The lowest BCUT2D eigenvalue weighted by molar-refractivity contribution is -0.141. The van der Waals surface area contributed by atoms with Gasteiger partial charge in [-0.3, -0.25) is 9.59 Å². The van der Waals surface area contributed by atoms with Gasteiger partial charge in [0, 0.05) is 34.7 Å². The normalized spacial score (nSPS) is 14.9. The van der Waals surface area contributed by atoms with Gasteiger partial charge in [0.1, 0.15) is 11.8 Å². The molecule has 34 heavy (non-hydrogen) atoms. The predicted molar refractivity (Wildman–Crippen MR) is 139 cm³/mol. The van der Waals surface area contributed by atoms with Gasteiger partial charge in [-0.15, -0.1) is 11.8 Å². The van der Waals surface area contributed by atoms with Gasteiger partial charge in [0.25, 0.3) is 0 Å². The highest BCUT2D eigenvalue weighted by Gasteiger charge is 2.30. The van der Waals surface area contributed by atoms with E-state index in [1.807, 2.05) is 55.5 Å². The summed E-state index contributed by atoms with van der Waals surface area (Å²) in [6, 6.07) is 15.0. The summed E-state index contributed by atoms with van der Waals surface area (Å²) in [6.45, 7) is 2.37. The van der Waals surface area contributed by atoms with Crippen LogP contribution in [-0.4, -0.2) is 41.7 Å². The Morgan fingerprint density at radius 2 is 1.76 bits per heavy atom. The minimum Gasteiger partial charge on any atom is -0.497 e. The molecular weight excluding hydrogens is 468 g/mol. The molecule has 1 aliphatic rings. The third-order valence-corrected chi connectivity index (χ3v) is 7.51. The Labute approximate surface area is 212 Å². The van der Waals surface area contributed by atoms with Crippen LogP contribution in [0.15, 0.2) is 53.4 Å². The van der Waals surface area contributed by atoms with Gasteiger partial charge in [0.15, 0.2) is 0 Å². The van der Waals surface area contributed by atoms with Crippen LogP contribution in [0.5, 0.6) is 5.75 Å². The lowest BCUT2D eigenvalue weighted by atomic mass is 9.95. The quantitative estimate of drug-likeness (QED) is 0.378. The molecule has 0 spiro atoms. The van der Waals surface area contributed by atoms with Gasteiger partial charge in [-0.2, -0.15) is 0 Å². The Morgan fingerprint density at radius 3 is 2.38 bits per heavy atom. The van der Waals surface area contributed by atoms with Gasteiger partial charge in [-0.1, -0.05) is 49.9 Å². The lowest BCUT2D eigenvalue weighted by Gasteiger charge is -2.33. The van der Waals surface area contributed by atoms with Crippen molar-refractivity contribution in [2.75, 3.05) is 12.9 Å². The number of hydrogen-bond acceptors (Lipinski definition) is 4. The molecule has 184 valence electrons. The number of ether oxygens (including phenoxy) is 1. The molecule has 0 aliphatic heterocycles. The monoisotopic (exact) mass is 502 g/mol. The van der Waals surface area contributed by atoms with Crippen molar-refractivity contribution in [1.29, 1.82) is 0 Å². The second-order valence-electron chi connectivity index (χ2n) is 8.69. The van der Waals surface area contributed by atoms with Crippen LogP contribution >= 0.6 is 23.4 Å². The van der Waals surface area contributed by atoms with Gasteiger partial charge in [-0.05, 0) is 61.2 Å². The van der Waals surface area contributed by atoms with E-state index in [0.29, 0.717) is 30.2 Å². The van der Waals surface area contributed by atoms with Crippen LogP contribution in [0, 0.1) is 0 Å². The van der Waals surface area contributed by atoms with E-state index in [1.54, 1.807) is 23.8 Å². The number of carbonyl (C=O) groups is 2. The highest BCUT2D eigenvalue weighted by molar-refractivity contribution is 7.99. The van der Waals surface area contributed by atoms with Crippen molar-refractivity contribution >= 4 is 35.2 Å². The summed E-state index contributed by atoms with van der Waals surface area (Å²) in [4.78, 5) is 29.5. The van der Waals surface area contributed by atoms with E-state index >= 15 is 0 Å². The van der Waals surface area contributed by atoms with Gasteiger partial charge >= 0.3 is 0 Å². The molecule has 0 aromatic heterocycles. The van der Waals surface area contributed by atoms with E-state index in [0.717, 1.165) is 41.9 Å². The summed E-state index contributed by atoms with van der Waals surface area (Å²) in [6.07, 6.45) is 6.51. The fourth-order valence-corrected chi connectivity index (χ4v) is 5.29. The number of methoxy groups -OCH3 is 1. The first-order valence-electron chi connectivity index (χ1n) is 12.1. The zero-order valence-corrected chi connectivity index (χ0v) is 21.7. The van der Waals surface area contributed by atoms with Gasteiger partial charge < -0.3 is 15.0 Å². The second kappa shape index (κ2) is 13.6. The minimum atomic E-state index is -0.489. The van der Waals surface area contributed by atoms with Crippen molar-refractivity contribution in [3.63, 3.8) is 0 Å². The highest BCUT2D eigenvalue weighted by Crippen LogP contribution is 2.23. The largest absolute Gasteiger partial charge is 0.497 e. The van der Waals surface area contributed by atoms with E-state index in [9.17, 15) is 9.59 Å². The van der Waals surface area contributed by atoms with Crippen LogP contribution in [0.25, 0.3) is 0 Å². The van der Waals surface area contributed by atoms with Crippen molar-refractivity contribution in [3.05, 3.63) is 59.1 Å². The van der Waals surface area contributed by atoms with Gasteiger partial charge in [0.05, 0.1) is 7.11 Å². The van der Waals surface area contributed by atoms with Crippen LogP contribution < -0.4 is 10.1 Å². The van der Waals surface area contributed by atoms with E-state index in [1.165, 1.54) is 6.42 Å². The Hall–Kier alpha value is -2.18. The lowest BCUT2D eigenvalue weighted by Crippen LogP contribution is -2.51. The molecule has 0 radical (unpaired) electrons. The summed E-state index contributed by atoms with van der Waals surface area (Å²) in [5, 5.41) is 3.92. The Bertz CT molecular complexity index is 914. The van der Waals surface area contributed by atoms with Crippen LogP contribution in [0.3, 0.4) is 0 Å². The average Bonchev–Trinajstić information content (AvgIpc) is 2.86. The molecule has 2 amide bonds. The fraction of sp³-hybridized carbons (Fsp3) is 0.481. The van der Waals surface area contributed by atoms with Crippen LogP contribution in [0.1, 0.15) is 57.4 Å². The third kappa shape index (κ3) is 7.95. The van der Waals surface area contributed by atoms with Crippen LogP contribution in [0.4, 0.5) is 0 Å². The maximum atomic E-state index is 13.4. The standard InChI is InChI=1S/C27H35ClN2O3S/c1-3-25(27(32)29-22-7-5-4-6-8-22)30(19-20-9-13-23(33-2)14-10-20)26(31)17-18-34-24-15-11-21(28)12-16-24/h9-16,22,25H,3-8,17-19H2,1-2H3,(H,29,32)/t25-/m1/s1. The molecule has 3 rings (SSSR count). The molecule has 1 N–H and O–H groups in total. The summed E-state index contributed by atoms with van der Waals surface area (Å²) in [5.74, 6) is 1.35. The first-order valence-corrected chi connectivity index (χ1v) is 13.5. The van der Waals surface area contributed by atoms with E-state index < -0.39 is 6.04 Å². The molecule has 1 fully saturated rings. The average molecular weight is 503 g/mol. The molecule has 0 bridgehead atoms. The van der Waals surface area contributed by atoms with E-state index in [4.69, 9.17) is 16.3 Å². The number of thioether (sulfide) groups is 1. The summed E-state index contributed by atoms with van der Waals surface area (Å²) in [5.41, 5.74) is 0.975. The van der Waals surface area contributed by atoms with Crippen molar-refractivity contribution in [2.24, 2.45) is 0 Å². The number of benzene rings is 2. The SMILES string of the molecule is CC[C@H](C(=O)NC1CCCCC1)N(Cc1ccc(OC)cc1)C(=O)CCSc1ccc(Cl)cc1. The van der Waals surface area contributed by atoms with Crippen molar-refractivity contribution < 1.29 is 14.3 Å². The first-order chi connectivity index (χ1) is 16.5. The van der Waals surface area contributed by atoms with E-state index in [2.05, 4.69) is 5.32 Å². The smallest absolute Gasteiger partial charge is 0.243 e. The molecule has 1 aliphatic carbocycles. The summed E-state index contributed by atoms with van der Waals surface area (Å²) in [7, 11) is 1.63. The van der Waals surface area contributed by atoms with Gasteiger partial charge in [0.2, 0.25) is 11.8 Å².